The number of nitrogens with one attached hydrogen (secondary N) is 2. The van der Waals surface area contributed by atoms with Gasteiger partial charge >= 0.3 is 12.1 Å². The van der Waals surface area contributed by atoms with Crippen molar-refractivity contribution in [2.24, 2.45) is 0 Å². The van der Waals surface area contributed by atoms with E-state index >= 15 is 0 Å². The second kappa shape index (κ2) is 7.97. The number of fused-ring (bicyclic) bond motifs is 3. The van der Waals surface area contributed by atoms with E-state index in [0.29, 0.717) is 10.7 Å². The molecule has 7 nitrogen and oxygen atoms in total. The quantitative estimate of drug-likeness (QED) is 0.575. The smallest absolute Gasteiger partial charge is 0.407 e. The van der Waals surface area contributed by atoms with Crippen LogP contribution in [0.25, 0.3) is 11.1 Å². The molecule has 1 amide bonds. The van der Waals surface area contributed by atoms with Gasteiger partial charge in [-0.05, 0) is 22.3 Å². The summed E-state index contributed by atoms with van der Waals surface area (Å²) in [6.07, 6.45) is 0.552. The van der Waals surface area contributed by atoms with Gasteiger partial charge in [0.2, 0.25) is 0 Å². The molecular weight excluding hydrogens is 394 g/mol. The van der Waals surface area contributed by atoms with Gasteiger partial charge in [0.15, 0.2) is 0 Å². The molecule has 2 aromatic carbocycles. The van der Waals surface area contributed by atoms with E-state index < -0.39 is 18.1 Å². The van der Waals surface area contributed by atoms with Gasteiger partial charge < -0.3 is 15.2 Å². The minimum atomic E-state index is -1.19. The highest BCUT2D eigenvalue weighted by atomic mass is 35.5. The van der Waals surface area contributed by atoms with Crippen LogP contribution in [0.5, 0.6) is 0 Å². The molecule has 0 bridgehead atoms. The normalized spacial score (nSPS) is 13.4. The molecule has 4 rings (SSSR count). The molecule has 1 aromatic heterocycles. The molecule has 0 fully saturated rings. The summed E-state index contributed by atoms with van der Waals surface area (Å²) in [7, 11) is 0. The summed E-state index contributed by atoms with van der Waals surface area (Å²) in [6, 6.07) is 14.8. The number of amides is 1. The number of aromatic nitrogens is 2. The van der Waals surface area contributed by atoms with Gasteiger partial charge in [-0.1, -0.05) is 60.1 Å². The third-order valence-electron chi connectivity index (χ3n) is 5.01. The number of carbonyl (C=O) groups excluding carboxylic acids is 1. The van der Waals surface area contributed by atoms with Crippen LogP contribution in [-0.4, -0.2) is 40.0 Å². The van der Waals surface area contributed by atoms with Crippen LogP contribution >= 0.6 is 11.6 Å². The molecule has 1 atom stereocenters. The first-order chi connectivity index (χ1) is 14.0. The maximum Gasteiger partial charge on any atom is 0.407 e. The number of aromatic amines is 1. The molecule has 8 heteroatoms. The average Bonchev–Trinajstić information content (AvgIpc) is 3.27. The minimum absolute atomic E-state index is 0.0294. The molecule has 3 aromatic rings. The Morgan fingerprint density at radius 2 is 1.76 bits per heavy atom. The van der Waals surface area contributed by atoms with Crippen LogP contribution in [0.2, 0.25) is 5.02 Å². The van der Waals surface area contributed by atoms with E-state index in [1.165, 1.54) is 6.20 Å². The second-order valence-electron chi connectivity index (χ2n) is 6.76. The first-order valence-electron chi connectivity index (χ1n) is 9.06. The van der Waals surface area contributed by atoms with Gasteiger partial charge in [0.25, 0.3) is 0 Å². The van der Waals surface area contributed by atoms with Crippen molar-refractivity contribution < 1.29 is 19.4 Å². The Balaban J connectivity index is 1.44. The van der Waals surface area contributed by atoms with Crippen molar-refractivity contribution >= 4 is 23.7 Å². The summed E-state index contributed by atoms with van der Waals surface area (Å²) in [5.74, 6) is -1.29. The zero-order valence-electron chi connectivity index (χ0n) is 15.3. The fraction of sp³-hybridized carbons (Fsp3) is 0.190. The van der Waals surface area contributed by atoms with Crippen molar-refractivity contribution in [1.29, 1.82) is 0 Å². The standard InChI is InChI=1S/C21H18ClN3O4/c22-17-10-23-25-18(17)9-19(20(26)27)24-21(28)29-11-16-14-7-3-1-5-12(14)13-6-2-4-8-15(13)16/h1-8,10,16,19H,9,11H2,(H,23,25)(H,24,28)(H,26,27). The fourth-order valence-electron chi connectivity index (χ4n) is 3.63. The van der Waals surface area contributed by atoms with Crippen molar-refractivity contribution in [2.45, 2.75) is 18.4 Å². The number of alkyl carbamates (subject to hydrolysis) is 1. The van der Waals surface area contributed by atoms with Gasteiger partial charge in [-0.25, -0.2) is 9.59 Å². The summed E-state index contributed by atoms with van der Waals surface area (Å²) in [4.78, 5) is 23.8. The van der Waals surface area contributed by atoms with E-state index in [-0.39, 0.29) is 18.9 Å². The van der Waals surface area contributed by atoms with E-state index in [0.717, 1.165) is 22.3 Å². The van der Waals surface area contributed by atoms with E-state index in [4.69, 9.17) is 16.3 Å². The van der Waals surface area contributed by atoms with E-state index in [1.54, 1.807) is 0 Å². The number of H-pyrrole nitrogens is 1. The second-order valence-corrected chi connectivity index (χ2v) is 7.17. The number of carbonyl (C=O) groups is 2. The third-order valence-corrected chi connectivity index (χ3v) is 5.33. The average molecular weight is 412 g/mol. The van der Waals surface area contributed by atoms with Crippen LogP contribution in [0.1, 0.15) is 22.7 Å². The Hall–Kier alpha value is -3.32. The Morgan fingerprint density at radius 1 is 1.14 bits per heavy atom. The number of ether oxygens (including phenoxy) is 1. The van der Waals surface area contributed by atoms with E-state index in [2.05, 4.69) is 15.5 Å². The van der Waals surface area contributed by atoms with Crippen LogP contribution in [0.4, 0.5) is 4.79 Å². The SMILES string of the molecule is O=C(NC(Cc1[nH]ncc1Cl)C(=O)O)OCC1c2ccccc2-c2ccccc21. The predicted molar refractivity (Wildman–Crippen MR) is 107 cm³/mol. The van der Waals surface area contributed by atoms with Gasteiger partial charge in [0.1, 0.15) is 12.6 Å². The fourth-order valence-corrected chi connectivity index (χ4v) is 3.80. The number of hydrogen-bond donors (Lipinski definition) is 3. The molecule has 1 aliphatic carbocycles. The molecular formula is C21H18ClN3O4. The van der Waals surface area contributed by atoms with Crippen molar-refractivity contribution in [3.05, 3.63) is 76.6 Å². The summed E-state index contributed by atoms with van der Waals surface area (Å²) in [6.45, 7) is 0.108. The highest BCUT2D eigenvalue weighted by Gasteiger charge is 2.30. The molecule has 3 N–H and O–H groups in total. The molecule has 29 heavy (non-hydrogen) atoms. The van der Waals surface area contributed by atoms with E-state index in [9.17, 15) is 14.7 Å². The molecule has 1 aliphatic rings. The number of halogens is 1. The zero-order chi connectivity index (χ0) is 20.4. The Kier molecular flexibility index (Phi) is 5.22. The summed E-state index contributed by atoms with van der Waals surface area (Å²) in [5.41, 5.74) is 4.84. The summed E-state index contributed by atoms with van der Waals surface area (Å²) in [5, 5.41) is 18.5. The number of carboxylic acids is 1. The summed E-state index contributed by atoms with van der Waals surface area (Å²) < 4.78 is 5.40. The first-order valence-corrected chi connectivity index (χ1v) is 9.44. The topological polar surface area (TPSA) is 104 Å². The molecule has 1 unspecified atom stereocenters. The van der Waals surface area contributed by atoms with Crippen molar-refractivity contribution in [1.82, 2.24) is 15.5 Å². The maximum atomic E-state index is 12.3. The Bertz CT molecular complexity index is 1020. The number of hydrogen-bond acceptors (Lipinski definition) is 4. The molecule has 1 heterocycles. The number of carboxylic acid groups (broad SMARTS) is 1. The zero-order valence-corrected chi connectivity index (χ0v) is 16.0. The molecule has 0 saturated heterocycles. The van der Waals surface area contributed by atoms with Crippen LogP contribution in [0, 0.1) is 0 Å². The van der Waals surface area contributed by atoms with Crippen LogP contribution < -0.4 is 5.32 Å². The lowest BCUT2D eigenvalue weighted by Crippen LogP contribution is -2.43. The number of nitrogens with zero attached hydrogens (tertiary/aromatic N) is 1. The maximum absolute atomic E-state index is 12.3. The lowest BCUT2D eigenvalue weighted by molar-refractivity contribution is -0.139. The lowest BCUT2D eigenvalue weighted by Gasteiger charge is -2.17. The number of aliphatic carboxylic acids is 1. The van der Waals surface area contributed by atoms with Gasteiger partial charge in [-0.15, -0.1) is 0 Å². The van der Waals surface area contributed by atoms with Gasteiger partial charge in [-0.2, -0.15) is 5.10 Å². The highest BCUT2D eigenvalue weighted by Crippen LogP contribution is 2.44. The lowest BCUT2D eigenvalue weighted by atomic mass is 9.98. The largest absolute Gasteiger partial charge is 0.480 e. The Labute approximate surface area is 171 Å². The monoisotopic (exact) mass is 411 g/mol. The van der Waals surface area contributed by atoms with Gasteiger partial charge in [-0.3, -0.25) is 5.10 Å². The van der Waals surface area contributed by atoms with E-state index in [1.807, 2.05) is 48.5 Å². The number of rotatable bonds is 6. The minimum Gasteiger partial charge on any atom is -0.480 e. The molecule has 0 aliphatic heterocycles. The van der Waals surface area contributed by atoms with Crippen LogP contribution in [0.3, 0.4) is 0 Å². The Morgan fingerprint density at radius 3 is 2.31 bits per heavy atom. The molecule has 148 valence electrons. The van der Waals surface area contributed by atoms with Crippen molar-refractivity contribution in [2.75, 3.05) is 6.61 Å². The highest BCUT2D eigenvalue weighted by molar-refractivity contribution is 6.31. The van der Waals surface area contributed by atoms with Gasteiger partial charge in [0, 0.05) is 12.3 Å². The molecule has 0 spiro atoms. The summed E-state index contributed by atoms with van der Waals surface area (Å²) >= 11 is 5.94. The first kappa shape index (κ1) is 19.0. The third kappa shape index (κ3) is 3.82. The van der Waals surface area contributed by atoms with Crippen LogP contribution in [-0.2, 0) is 16.0 Å². The number of benzene rings is 2. The van der Waals surface area contributed by atoms with Crippen molar-refractivity contribution in [3.63, 3.8) is 0 Å². The van der Waals surface area contributed by atoms with Gasteiger partial charge in [0.05, 0.1) is 16.9 Å². The predicted octanol–water partition coefficient (Wildman–Crippen LogP) is 3.60. The molecule has 0 radical (unpaired) electrons. The van der Waals surface area contributed by atoms with Crippen molar-refractivity contribution in [3.8, 4) is 11.1 Å². The molecule has 0 saturated carbocycles. The van der Waals surface area contributed by atoms with Crippen LogP contribution in [0.15, 0.2) is 54.7 Å².